The van der Waals surface area contributed by atoms with Crippen LogP contribution in [0.4, 0.5) is 5.69 Å². The van der Waals surface area contributed by atoms with E-state index in [0.29, 0.717) is 17.8 Å². The van der Waals surface area contributed by atoms with E-state index < -0.39 is 5.97 Å². The van der Waals surface area contributed by atoms with E-state index in [4.69, 9.17) is 5.11 Å². The Hall–Kier alpha value is -2.67. The van der Waals surface area contributed by atoms with Crippen molar-refractivity contribution in [2.75, 3.05) is 11.9 Å². The van der Waals surface area contributed by atoms with Crippen LogP contribution in [0.15, 0.2) is 30.3 Å². The van der Waals surface area contributed by atoms with Crippen molar-refractivity contribution in [3.8, 4) is 0 Å². The molecule has 130 valence electrons. The van der Waals surface area contributed by atoms with Gasteiger partial charge in [0, 0.05) is 12.2 Å². The number of amides is 2. The molecule has 1 unspecified atom stereocenters. The largest absolute Gasteiger partial charge is 0.477 e. The maximum atomic E-state index is 12.2. The molecule has 2 amide bonds. The average Bonchev–Trinajstić information content (AvgIpc) is 3.19. The summed E-state index contributed by atoms with van der Waals surface area (Å²) in [5.74, 6) is -1.70. The highest BCUT2D eigenvalue weighted by Crippen LogP contribution is 2.35. The van der Waals surface area contributed by atoms with Crippen LogP contribution in [0.5, 0.6) is 0 Å². The third-order valence-corrected chi connectivity index (χ3v) is 5.31. The number of aryl methyl sites for hydroxylation is 1. The number of fused-ring (bicyclic) bond motifs is 1. The number of carboxylic acid groups (broad SMARTS) is 1. The van der Waals surface area contributed by atoms with Crippen molar-refractivity contribution in [1.29, 1.82) is 0 Å². The van der Waals surface area contributed by atoms with E-state index >= 15 is 0 Å². The van der Waals surface area contributed by atoms with Crippen LogP contribution in [0, 0.1) is 0 Å². The van der Waals surface area contributed by atoms with Crippen molar-refractivity contribution in [2.45, 2.75) is 25.7 Å². The van der Waals surface area contributed by atoms with E-state index in [1.54, 1.807) is 0 Å². The van der Waals surface area contributed by atoms with Crippen molar-refractivity contribution in [3.05, 3.63) is 51.2 Å². The van der Waals surface area contributed by atoms with Crippen LogP contribution >= 0.6 is 11.3 Å². The molecule has 0 saturated carbocycles. The maximum Gasteiger partial charge on any atom is 0.345 e. The second kappa shape index (κ2) is 7.06. The van der Waals surface area contributed by atoms with E-state index in [9.17, 15) is 14.4 Å². The Labute approximate surface area is 148 Å². The van der Waals surface area contributed by atoms with Crippen LogP contribution in [0.2, 0.25) is 0 Å². The number of aromatic carboxylic acids is 1. The minimum absolute atomic E-state index is 0.0539. The molecule has 2 aromatic rings. The van der Waals surface area contributed by atoms with Gasteiger partial charge >= 0.3 is 5.97 Å². The number of carbonyl (C=O) groups is 3. The van der Waals surface area contributed by atoms with Crippen LogP contribution in [0.3, 0.4) is 0 Å². The quantitative estimate of drug-likeness (QED) is 0.740. The number of nitrogens with one attached hydrogen (secondary N) is 2. The first-order valence-electron chi connectivity index (χ1n) is 8.04. The molecular formula is C18H18N2O4S. The summed E-state index contributed by atoms with van der Waals surface area (Å²) >= 11 is 0.935. The minimum Gasteiger partial charge on any atom is -0.477 e. The lowest BCUT2D eigenvalue weighted by atomic mass is 9.95. The molecule has 0 spiro atoms. The Balaban J connectivity index is 1.61. The molecule has 3 rings (SSSR count). The van der Waals surface area contributed by atoms with Crippen LogP contribution in [0.1, 0.15) is 49.7 Å². The number of carbonyl (C=O) groups excluding carboxylic acids is 2. The molecular weight excluding hydrogens is 340 g/mol. The SMILES string of the molecule is CCc1ccc2c(c1)C(CCNC(=O)c1ccc(C(=O)O)s1)C(=O)N2. The number of carboxylic acids is 1. The highest BCUT2D eigenvalue weighted by molar-refractivity contribution is 7.15. The summed E-state index contributed by atoms with van der Waals surface area (Å²) in [6.07, 6.45) is 1.39. The van der Waals surface area contributed by atoms with E-state index in [1.807, 2.05) is 18.2 Å². The molecule has 1 aromatic heterocycles. The minimum atomic E-state index is -1.05. The van der Waals surface area contributed by atoms with Gasteiger partial charge in [-0.15, -0.1) is 11.3 Å². The van der Waals surface area contributed by atoms with Gasteiger partial charge in [-0.05, 0) is 42.2 Å². The molecule has 7 heteroatoms. The third-order valence-electron chi connectivity index (χ3n) is 4.23. The topological polar surface area (TPSA) is 95.5 Å². The van der Waals surface area contributed by atoms with Gasteiger partial charge < -0.3 is 15.7 Å². The van der Waals surface area contributed by atoms with E-state index in [2.05, 4.69) is 17.6 Å². The molecule has 25 heavy (non-hydrogen) atoms. The summed E-state index contributed by atoms with van der Waals surface area (Å²) in [4.78, 5) is 35.6. The zero-order chi connectivity index (χ0) is 18.0. The van der Waals surface area contributed by atoms with Crippen LogP contribution in [-0.2, 0) is 11.2 Å². The number of benzene rings is 1. The number of hydrogen-bond donors (Lipinski definition) is 3. The molecule has 3 N–H and O–H groups in total. The van der Waals surface area contributed by atoms with Gasteiger partial charge in [0.25, 0.3) is 5.91 Å². The standard InChI is InChI=1S/C18H18N2O4S/c1-2-10-3-4-13-12(9-10)11(16(21)20-13)7-8-19-17(22)14-5-6-15(25-14)18(23)24/h3-6,9,11H,2,7-8H2,1H3,(H,19,22)(H,20,21)(H,23,24). The Morgan fingerprint density at radius 1 is 1.24 bits per heavy atom. The zero-order valence-electron chi connectivity index (χ0n) is 13.7. The van der Waals surface area contributed by atoms with Crippen molar-refractivity contribution in [2.24, 2.45) is 0 Å². The summed E-state index contributed by atoms with van der Waals surface area (Å²) in [6.45, 7) is 2.40. The lowest BCUT2D eigenvalue weighted by Gasteiger charge is -2.10. The van der Waals surface area contributed by atoms with Crippen molar-refractivity contribution in [3.63, 3.8) is 0 Å². The normalized spacial score (nSPS) is 15.6. The van der Waals surface area contributed by atoms with E-state index in [0.717, 1.165) is 29.0 Å². The predicted octanol–water partition coefficient (Wildman–Crippen LogP) is 2.86. The van der Waals surface area contributed by atoms with Gasteiger partial charge in [0.15, 0.2) is 0 Å². The van der Waals surface area contributed by atoms with Gasteiger partial charge in [0.1, 0.15) is 4.88 Å². The average molecular weight is 358 g/mol. The van der Waals surface area contributed by atoms with Crippen LogP contribution in [-0.4, -0.2) is 29.4 Å². The second-order valence-electron chi connectivity index (χ2n) is 5.83. The van der Waals surface area contributed by atoms with Gasteiger partial charge in [-0.1, -0.05) is 19.1 Å². The van der Waals surface area contributed by atoms with Gasteiger partial charge in [0.05, 0.1) is 10.8 Å². The molecule has 0 aliphatic carbocycles. The van der Waals surface area contributed by atoms with Crippen molar-refractivity contribution < 1.29 is 19.5 Å². The molecule has 0 radical (unpaired) electrons. The Morgan fingerprint density at radius 3 is 2.68 bits per heavy atom. The number of thiophene rings is 1. The summed E-state index contributed by atoms with van der Waals surface area (Å²) in [5, 5.41) is 14.5. The highest BCUT2D eigenvalue weighted by Gasteiger charge is 2.30. The molecule has 1 aromatic carbocycles. The molecule has 6 nitrogen and oxygen atoms in total. The number of hydrogen-bond acceptors (Lipinski definition) is 4. The monoisotopic (exact) mass is 358 g/mol. The second-order valence-corrected chi connectivity index (χ2v) is 6.91. The zero-order valence-corrected chi connectivity index (χ0v) is 14.5. The van der Waals surface area contributed by atoms with E-state index in [1.165, 1.54) is 17.7 Å². The molecule has 2 heterocycles. The molecule has 0 bridgehead atoms. The summed E-state index contributed by atoms with van der Waals surface area (Å²) in [5.41, 5.74) is 2.98. The molecule has 1 aliphatic rings. The first kappa shape index (κ1) is 17.2. The Morgan fingerprint density at radius 2 is 2.00 bits per heavy atom. The first-order chi connectivity index (χ1) is 12.0. The molecule has 0 fully saturated rings. The molecule has 0 saturated heterocycles. The van der Waals surface area contributed by atoms with Gasteiger partial charge in [-0.25, -0.2) is 4.79 Å². The molecule has 1 aliphatic heterocycles. The van der Waals surface area contributed by atoms with Crippen molar-refractivity contribution >= 4 is 34.8 Å². The van der Waals surface area contributed by atoms with Crippen LogP contribution in [0.25, 0.3) is 0 Å². The fourth-order valence-corrected chi connectivity index (χ4v) is 3.64. The highest BCUT2D eigenvalue weighted by atomic mass is 32.1. The lowest BCUT2D eigenvalue weighted by Crippen LogP contribution is -2.26. The van der Waals surface area contributed by atoms with Gasteiger partial charge in [0.2, 0.25) is 5.91 Å². The Kier molecular flexibility index (Phi) is 4.85. The van der Waals surface area contributed by atoms with Crippen LogP contribution < -0.4 is 10.6 Å². The van der Waals surface area contributed by atoms with Crippen molar-refractivity contribution in [1.82, 2.24) is 5.32 Å². The summed E-state index contributed by atoms with van der Waals surface area (Å²) in [6, 6.07) is 8.87. The first-order valence-corrected chi connectivity index (χ1v) is 8.86. The fraction of sp³-hybridized carbons (Fsp3) is 0.278. The fourth-order valence-electron chi connectivity index (χ4n) is 2.87. The van der Waals surface area contributed by atoms with Gasteiger partial charge in [-0.3, -0.25) is 9.59 Å². The summed E-state index contributed by atoms with van der Waals surface area (Å²) < 4.78 is 0. The van der Waals surface area contributed by atoms with Gasteiger partial charge in [-0.2, -0.15) is 0 Å². The van der Waals surface area contributed by atoms with E-state index in [-0.39, 0.29) is 22.6 Å². The maximum absolute atomic E-state index is 12.2. The molecule has 1 atom stereocenters. The third kappa shape index (κ3) is 3.56. The predicted molar refractivity (Wildman–Crippen MR) is 95.4 cm³/mol. The number of anilines is 1. The smallest absolute Gasteiger partial charge is 0.345 e. The lowest BCUT2D eigenvalue weighted by molar-refractivity contribution is -0.117. The number of rotatable bonds is 6. The Bertz CT molecular complexity index is 843. The summed E-state index contributed by atoms with van der Waals surface area (Å²) in [7, 11) is 0.